The van der Waals surface area contributed by atoms with Gasteiger partial charge in [-0.05, 0) is 44.1 Å². The van der Waals surface area contributed by atoms with Gasteiger partial charge in [0, 0.05) is 26.1 Å². The summed E-state index contributed by atoms with van der Waals surface area (Å²) < 4.78 is 0. The van der Waals surface area contributed by atoms with E-state index in [-0.39, 0.29) is 17.9 Å². The van der Waals surface area contributed by atoms with E-state index in [2.05, 4.69) is 26.1 Å². The van der Waals surface area contributed by atoms with Gasteiger partial charge < -0.3 is 10.2 Å². The molecule has 138 valence electrons. The number of rotatable bonds is 6. The fourth-order valence-electron chi connectivity index (χ4n) is 3.62. The molecule has 1 aliphatic heterocycles. The van der Waals surface area contributed by atoms with Crippen molar-refractivity contribution < 1.29 is 9.59 Å². The zero-order valence-electron chi connectivity index (χ0n) is 16.0. The van der Waals surface area contributed by atoms with Gasteiger partial charge in [-0.25, -0.2) is 0 Å². The smallest absolute Gasteiger partial charge is 0.230 e. The lowest BCUT2D eigenvalue weighted by molar-refractivity contribution is -0.135. The van der Waals surface area contributed by atoms with E-state index in [1.807, 2.05) is 35.2 Å². The van der Waals surface area contributed by atoms with Gasteiger partial charge in [-0.15, -0.1) is 0 Å². The summed E-state index contributed by atoms with van der Waals surface area (Å²) in [5.41, 5.74) is 0.533. The molecule has 0 saturated carbocycles. The number of nitrogens with one attached hydrogen (secondary N) is 1. The molecule has 4 heteroatoms. The number of likely N-dealkylation sites (tertiary alicyclic amines) is 1. The van der Waals surface area contributed by atoms with Crippen LogP contribution in [0.4, 0.5) is 0 Å². The number of benzene rings is 1. The number of amides is 2. The first kappa shape index (κ1) is 19.5. The van der Waals surface area contributed by atoms with E-state index in [4.69, 9.17) is 0 Å². The van der Waals surface area contributed by atoms with Gasteiger partial charge in [-0.2, -0.15) is 0 Å². The second-order valence-corrected chi connectivity index (χ2v) is 7.80. The number of carbonyl (C=O) groups is 2. The van der Waals surface area contributed by atoms with Crippen LogP contribution in [0.3, 0.4) is 0 Å². The minimum absolute atomic E-state index is 0.0902. The highest BCUT2D eigenvalue weighted by molar-refractivity contribution is 5.89. The molecule has 1 heterocycles. The van der Waals surface area contributed by atoms with Gasteiger partial charge in [-0.1, -0.05) is 44.2 Å². The van der Waals surface area contributed by atoms with Crippen LogP contribution in [-0.2, 0) is 15.0 Å². The Hall–Kier alpha value is -1.84. The molecule has 25 heavy (non-hydrogen) atoms. The average Bonchev–Trinajstić information content (AvgIpc) is 2.60. The maximum absolute atomic E-state index is 13.2. The van der Waals surface area contributed by atoms with Crippen LogP contribution in [-0.4, -0.2) is 35.8 Å². The summed E-state index contributed by atoms with van der Waals surface area (Å²) >= 11 is 0. The van der Waals surface area contributed by atoms with Crippen molar-refractivity contribution in [3.8, 4) is 0 Å². The molecule has 4 nitrogen and oxygen atoms in total. The Morgan fingerprint density at radius 3 is 2.20 bits per heavy atom. The Balaban J connectivity index is 2.16. The van der Waals surface area contributed by atoms with E-state index in [9.17, 15) is 9.59 Å². The van der Waals surface area contributed by atoms with Crippen molar-refractivity contribution in [1.29, 1.82) is 0 Å². The van der Waals surface area contributed by atoms with Gasteiger partial charge in [0.25, 0.3) is 0 Å². The van der Waals surface area contributed by atoms with E-state index in [0.717, 1.165) is 18.4 Å². The van der Waals surface area contributed by atoms with Crippen molar-refractivity contribution in [1.82, 2.24) is 10.2 Å². The first-order chi connectivity index (χ1) is 11.8. The molecule has 1 saturated heterocycles. The van der Waals surface area contributed by atoms with Crippen LogP contribution in [0.25, 0.3) is 0 Å². The largest absolute Gasteiger partial charge is 0.353 e. The minimum atomic E-state index is -0.528. The lowest BCUT2D eigenvalue weighted by atomic mass is 9.71. The minimum Gasteiger partial charge on any atom is -0.353 e. The normalized spacial score (nSPS) is 18.0. The van der Waals surface area contributed by atoms with E-state index in [0.29, 0.717) is 31.8 Å². The van der Waals surface area contributed by atoms with E-state index in [1.54, 1.807) is 6.92 Å². The van der Waals surface area contributed by atoms with Gasteiger partial charge in [0.2, 0.25) is 11.8 Å². The highest BCUT2D eigenvalue weighted by Gasteiger charge is 2.43. The molecule has 1 atom stereocenters. The van der Waals surface area contributed by atoms with E-state index < -0.39 is 5.41 Å². The van der Waals surface area contributed by atoms with Gasteiger partial charge in [0.15, 0.2) is 0 Å². The SMILES string of the molecule is CC(=O)N1CCC(C(=O)NC(C)CCC(C)C)(c2ccccc2)CC1. The highest BCUT2D eigenvalue weighted by Crippen LogP contribution is 2.36. The summed E-state index contributed by atoms with van der Waals surface area (Å²) in [4.78, 5) is 26.7. The molecule has 0 aliphatic carbocycles. The summed E-state index contributed by atoms with van der Waals surface area (Å²) in [6.07, 6.45) is 3.46. The van der Waals surface area contributed by atoms with Crippen LogP contribution in [0, 0.1) is 5.92 Å². The fraction of sp³-hybridized carbons (Fsp3) is 0.619. The first-order valence-corrected chi connectivity index (χ1v) is 9.47. The molecule has 1 unspecified atom stereocenters. The summed E-state index contributed by atoms with van der Waals surface area (Å²) in [7, 11) is 0. The van der Waals surface area contributed by atoms with Gasteiger partial charge in [-0.3, -0.25) is 9.59 Å². The standard InChI is InChI=1S/C21H32N2O2/c1-16(2)10-11-17(3)22-20(25)21(19-8-6-5-7-9-19)12-14-23(15-13-21)18(4)24/h5-9,16-17H,10-15H2,1-4H3,(H,22,25). The molecule has 1 aliphatic rings. The summed E-state index contributed by atoms with van der Waals surface area (Å²) in [6.45, 7) is 9.37. The summed E-state index contributed by atoms with van der Waals surface area (Å²) in [5, 5.41) is 3.25. The number of hydrogen-bond donors (Lipinski definition) is 1. The Bertz CT molecular complexity index is 575. The van der Waals surface area contributed by atoms with Gasteiger partial charge >= 0.3 is 0 Å². The monoisotopic (exact) mass is 344 g/mol. The molecule has 1 aromatic carbocycles. The quantitative estimate of drug-likeness (QED) is 0.858. The molecular weight excluding hydrogens is 312 g/mol. The van der Waals surface area contributed by atoms with E-state index >= 15 is 0 Å². The summed E-state index contributed by atoms with van der Waals surface area (Å²) in [5.74, 6) is 0.840. The predicted octanol–water partition coefficient (Wildman–Crippen LogP) is 3.51. The van der Waals surface area contributed by atoms with Gasteiger partial charge in [0.1, 0.15) is 0 Å². The number of carbonyl (C=O) groups excluding carboxylic acids is 2. The second kappa shape index (κ2) is 8.50. The zero-order valence-corrected chi connectivity index (χ0v) is 16.0. The Labute approximate surface area is 152 Å². The molecule has 1 aromatic rings. The first-order valence-electron chi connectivity index (χ1n) is 9.47. The van der Waals surface area contributed by atoms with Crippen molar-refractivity contribution in [3.05, 3.63) is 35.9 Å². The molecule has 0 spiro atoms. The molecule has 2 amide bonds. The number of nitrogens with zero attached hydrogens (tertiary/aromatic N) is 1. The molecular formula is C21H32N2O2. The topological polar surface area (TPSA) is 49.4 Å². The van der Waals surface area contributed by atoms with E-state index in [1.165, 1.54) is 0 Å². The van der Waals surface area contributed by atoms with Crippen molar-refractivity contribution in [3.63, 3.8) is 0 Å². The van der Waals surface area contributed by atoms with Crippen molar-refractivity contribution in [2.75, 3.05) is 13.1 Å². The lowest BCUT2D eigenvalue weighted by Gasteiger charge is -2.41. The van der Waals surface area contributed by atoms with Crippen LogP contribution in [0.15, 0.2) is 30.3 Å². The zero-order chi connectivity index (χ0) is 18.4. The van der Waals surface area contributed by atoms with Crippen LogP contribution in [0.2, 0.25) is 0 Å². The third-order valence-corrected chi connectivity index (χ3v) is 5.38. The molecule has 1 fully saturated rings. The number of hydrogen-bond acceptors (Lipinski definition) is 2. The molecule has 0 bridgehead atoms. The maximum Gasteiger partial charge on any atom is 0.230 e. The summed E-state index contributed by atoms with van der Waals surface area (Å²) in [6, 6.07) is 10.2. The molecule has 1 N–H and O–H groups in total. The highest BCUT2D eigenvalue weighted by atomic mass is 16.2. The average molecular weight is 344 g/mol. The van der Waals surface area contributed by atoms with Crippen LogP contribution < -0.4 is 5.32 Å². The van der Waals surface area contributed by atoms with Crippen molar-refractivity contribution in [2.24, 2.45) is 5.92 Å². The molecule has 0 radical (unpaired) electrons. The van der Waals surface area contributed by atoms with Crippen molar-refractivity contribution >= 4 is 11.8 Å². The third kappa shape index (κ3) is 4.83. The van der Waals surface area contributed by atoms with Crippen LogP contribution >= 0.6 is 0 Å². The number of piperidine rings is 1. The Kier molecular flexibility index (Phi) is 6.63. The maximum atomic E-state index is 13.2. The van der Waals surface area contributed by atoms with Crippen molar-refractivity contribution in [2.45, 2.75) is 64.8 Å². The van der Waals surface area contributed by atoms with Gasteiger partial charge in [0.05, 0.1) is 5.41 Å². The Morgan fingerprint density at radius 2 is 1.68 bits per heavy atom. The fourth-order valence-corrected chi connectivity index (χ4v) is 3.62. The lowest BCUT2D eigenvalue weighted by Crippen LogP contribution is -2.54. The van der Waals surface area contributed by atoms with Crippen LogP contribution in [0.1, 0.15) is 58.9 Å². The predicted molar refractivity (Wildman–Crippen MR) is 101 cm³/mol. The molecule has 2 rings (SSSR count). The third-order valence-electron chi connectivity index (χ3n) is 5.38. The van der Waals surface area contributed by atoms with Crippen LogP contribution in [0.5, 0.6) is 0 Å². The second-order valence-electron chi connectivity index (χ2n) is 7.80. The molecule has 0 aromatic heterocycles. The Morgan fingerprint density at radius 1 is 1.08 bits per heavy atom.